The molecule has 7 nitrogen and oxygen atoms in total. The van der Waals surface area contributed by atoms with Gasteiger partial charge in [-0.2, -0.15) is 10.1 Å². The second kappa shape index (κ2) is 6.97. The number of nitriles is 1. The number of hydrogen-bond acceptors (Lipinski definition) is 5. The molecule has 8 heteroatoms. The first-order chi connectivity index (χ1) is 11.6. The molecule has 1 saturated carbocycles. The molecule has 0 spiro atoms. The molecule has 1 amide bonds. The molecule has 1 aromatic carbocycles. The van der Waals surface area contributed by atoms with Crippen LogP contribution in [0.2, 0.25) is 5.02 Å². The average molecular weight is 345 g/mol. The Bertz CT molecular complexity index is 758. The Kier molecular flexibility index (Phi) is 4.76. The quantitative estimate of drug-likeness (QED) is 0.918. The minimum atomic E-state index is -0.755. The zero-order chi connectivity index (χ0) is 17.0. The fourth-order valence-electron chi connectivity index (χ4n) is 2.88. The van der Waals surface area contributed by atoms with E-state index < -0.39 is 5.54 Å². The normalized spacial score (nSPS) is 16.3. The number of nitrogens with one attached hydrogen (secondary N) is 1. The van der Waals surface area contributed by atoms with E-state index in [1.807, 2.05) is 0 Å². The third-order valence-electron chi connectivity index (χ3n) is 4.14. The van der Waals surface area contributed by atoms with Crippen molar-refractivity contribution in [3.05, 3.63) is 29.3 Å². The Morgan fingerprint density at radius 1 is 1.29 bits per heavy atom. The molecule has 24 heavy (non-hydrogen) atoms. The van der Waals surface area contributed by atoms with Gasteiger partial charge in [-0.3, -0.25) is 4.79 Å². The van der Waals surface area contributed by atoms with Crippen LogP contribution < -0.4 is 5.32 Å². The Morgan fingerprint density at radius 2 is 2.00 bits per heavy atom. The Morgan fingerprint density at radius 3 is 2.67 bits per heavy atom. The van der Waals surface area contributed by atoms with Crippen molar-refractivity contribution in [1.29, 1.82) is 5.26 Å². The van der Waals surface area contributed by atoms with Crippen LogP contribution in [0.15, 0.2) is 24.3 Å². The third kappa shape index (κ3) is 3.71. The Labute approximate surface area is 144 Å². The lowest BCUT2D eigenvalue weighted by Crippen LogP contribution is -2.49. The van der Waals surface area contributed by atoms with Crippen LogP contribution in [0.3, 0.4) is 0 Å². The summed E-state index contributed by atoms with van der Waals surface area (Å²) in [6.45, 7) is -0.0655. The molecule has 0 radical (unpaired) electrons. The first-order valence-electron chi connectivity index (χ1n) is 7.86. The minimum Gasteiger partial charge on any atom is -0.336 e. The topological polar surface area (TPSA) is 96.5 Å². The van der Waals surface area contributed by atoms with E-state index in [0.717, 1.165) is 24.8 Å². The van der Waals surface area contributed by atoms with Crippen LogP contribution in [0.1, 0.15) is 32.1 Å². The lowest BCUT2D eigenvalue weighted by atomic mass is 9.83. The van der Waals surface area contributed by atoms with Crippen LogP contribution in [0, 0.1) is 11.3 Å². The van der Waals surface area contributed by atoms with E-state index in [1.54, 1.807) is 24.3 Å². The van der Waals surface area contributed by atoms with Gasteiger partial charge in [0.1, 0.15) is 12.1 Å². The highest BCUT2D eigenvalue weighted by Crippen LogP contribution is 2.27. The first-order valence-corrected chi connectivity index (χ1v) is 8.24. The largest absolute Gasteiger partial charge is 0.336 e. The van der Waals surface area contributed by atoms with E-state index in [2.05, 4.69) is 26.8 Å². The molecule has 124 valence electrons. The SMILES string of the molecule is N#CC1(NC(=O)Cn2nnc(-c3ccc(Cl)cc3)n2)CCCCC1. The van der Waals surface area contributed by atoms with Crippen molar-refractivity contribution in [2.45, 2.75) is 44.2 Å². The molecule has 3 rings (SSSR count). The smallest absolute Gasteiger partial charge is 0.244 e. The summed E-state index contributed by atoms with van der Waals surface area (Å²) in [5.74, 6) is 0.144. The van der Waals surface area contributed by atoms with Crippen molar-refractivity contribution in [3.63, 3.8) is 0 Å². The molecule has 1 aliphatic rings. The third-order valence-corrected chi connectivity index (χ3v) is 4.39. The van der Waals surface area contributed by atoms with Gasteiger partial charge < -0.3 is 5.32 Å². The molecule has 0 atom stereocenters. The van der Waals surface area contributed by atoms with Gasteiger partial charge in [0, 0.05) is 10.6 Å². The second-order valence-corrected chi connectivity index (χ2v) is 6.39. The molecule has 2 aromatic rings. The molecule has 1 fully saturated rings. The molecule has 0 saturated heterocycles. The lowest BCUT2D eigenvalue weighted by Gasteiger charge is -2.31. The van der Waals surface area contributed by atoms with Gasteiger partial charge in [-0.25, -0.2) is 0 Å². The lowest BCUT2D eigenvalue weighted by molar-refractivity contribution is -0.123. The van der Waals surface area contributed by atoms with E-state index in [1.165, 1.54) is 4.80 Å². The van der Waals surface area contributed by atoms with Crippen LogP contribution in [0.25, 0.3) is 11.4 Å². The van der Waals surface area contributed by atoms with E-state index in [-0.39, 0.29) is 12.5 Å². The van der Waals surface area contributed by atoms with E-state index in [9.17, 15) is 10.1 Å². The molecule has 1 aliphatic carbocycles. The fourth-order valence-corrected chi connectivity index (χ4v) is 3.01. The first kappa shape index (κ1) is 16.4. The molecule has 1 heterocycles. The Hall–Kier alpha value is -2.46. The molecular formula is C16H17ClN6O. The van der Waals surface area contributed by atoms with Crippen molar-refractivity contribution in [3.8, 4) is 17.5 Å². The Balaban J connectivity index is 1.65. The number of carbonyl (C=O) groups is 1. The number of halogens is 1. The zero-order valence-electron chi connectivity index (χ0n) is 13.1. The van der Waals surface area contributed by atoms with Crippen LogP contribution in [0.4, 0.5) is 0 Å². The number of nitrogens with zero attached hydrogens (tertiary/aromatic N) is 5. The van der Waals surface area contributed by atoms with Gasteiger partial charge in [-0.15, -0.1) is 10.2 Å². The highest BCUT2D eigenvalue weighted by atomic mass is 35.5. The maximum Gasteiger partial charge on any atom is 0.244 e. The van der Waals surface area contributed by atoms with Gasteiger partial charge in [0.25, 0.3) is 0 Å². The van der Waals surface area contributed by atoms with Gasteiger partial charge in [-0.05, 0) is 42.3 Å². The summed E-state index contributed by atoms with van der Waals surface area (Å²) in [6, 6.07) is 9.32. The molecular weight excluding hydrogens is 328 g/mol. The van der Waals surface area contributed by atoms with E-state index in [4.69, 9.17) is 11.6 Å². The summed E-state index contributed by atoms with van der Waals surface area (Å²) < 4.78 is 0. The summed E-state index contributed by atoms with van der Waals surface area (Å²) in [5.41, 5.74) is 0.0152. The molecule has 1 aromatic heterocycles. The van der Waals surface area contributed by atoms with Gasteiger partial charge in [0.2, 0.25) is 11.7 Å². The average Bonchev–Trinajstić information content (AvgIpc) is 3.04. The van der Waals surface area contributed by atoms with E-state index in [0.29, 0.717) is 23.7 Å². The molecule has 0 bridgehead atoms. The number of hydrogen-bond donors (Lipinski definition) is 1. The van der Waals surface area contributed by atoms with Crippen LogP contribution in [0.5, 0.6) is 0 Å². The number of carbonyl (C=O) groups excluding carboxylic acids is 1. The maximum atomic E-state index is 12.2. The predicted octanol–water partition coefficient (Wildman–Crippen LogP) is 2.34. The van der Waals surface area contributed by atoms with Crippen molar-refractivity contribution >= 4 is 17.5 Å². The summed E-state index contributed by atoms with van der Waals surface area (Å²) in [4.78, 5) is 13.5. The number of rotatable bonds is 4. The van der Waals surface area contributed by atoms with Crippen molar-refractivity contribution in [2.24, 2.45) is 0 Å². The van der Waals surface area contributed by atoms with Gasteiger partial charge in [0.15, 0.2) is 0 Å². The maximum absolute atomic E-state index is 12.2. The standard InChI is InChI=1S/C16H17ClN6O/c17-13-6-4-12(5-7-13)15-20-22-23(21-15)10-14(24)19-16(11-18)8-2-1-3-9-16/h4-7H,1-3,8-10H2,(H,19,24). The summed E-state index contributed by atoms with van der Waals surface area (Å²) >= 11 is 5.85. The highest BCUT2D eigenvalue weighted by molar-refractivity contribution is 6.30. The van der Waals surface area contributed by atoms with Gasteiger partial charge in [-0.1, -0.05) is 30.9 Å². The molecule has 0 unspecified atom stereocenters. The molecule has 0 aliphatic heterocycles. The summed E-state index contributed by atoms with van der Waals surface area (Å²) in [6.07, 6.45) is 4.40. The number of aromatic nitrogens is 4. The van der Waals surface area contributed by atoms with Crippen molar-refractivity contribution in [1.82, 2.24) is 25.5 Å². The summed E-state index contributed by atoms with van der Waals surface area (Å²) in [5, 5.41) is 24.9. The van der Waals surface area contributed by atoms with Crippen molar-refractivity contribution < 1.29 is 4.79 Å². The minimum absolute atomic E-state index is 0.0655. The van der Waals surface area contributed by atoms with Crippen LogP contribution >= 0.6 is 11.6 Å². The number of tetrazole rings is 1. The van der Waals surface area contributed by atoms with Crippen LogP contribution in [-0.4, -0.2) is 31.7 Å². The van der Waals surface area contributed by atoms with Crippen molar-refractivity contribution in [2.75, 3.05) is 0 Å². The number of benzene rings is 1. The fraction of sp³-hybridized carbons (Fsp3) is 0.438. The predicted molar refractivity (Wildman–Crippen MR) is 87.8 cm³/mol. The van der Waals surface area contributed by atoms with Gasteiger partial charge in [0.05, 0.1) is 6.07 Å². The monoisotopic (exact) mass is 344 g/mol. The summed E-state index contributed by atoms with van der Waals surface area (Å²) in [7, 11) is 0. The molecule has 1 N–H and O–H groups in total. The van der Waals surface area contributed by atoms with Gasteiger partial charge >= 0.3 is 0 Å². The van der Waals surface area contributed by atoms with E-state index >= 15 is 0 Å². The zero-order valence-corrected chi connectivity index (χ0v) is 13.8. The number of amides is 1. The highest BCUT2D eigenvalue weighted by Gasteiger charge is 2.33. The second-order valence-electron chi connectivity index (χ2n) is 5.95. The van der Waals surface area contributed by atoms with Crippen LogP contribution in [-0.2, 0) is 11.3 Å².